The van der Waals surface area contributed by atoms with Crippen LogP contribution in [0.15, 0.2) is 12.1 Å². The van der Waals surface area contributed by atoms with E-state index in [2.05, 4.69) is 12.2 Å². The first-order valence-electron chi connectivity index (χ1n) is 7.04. The van der Waals surface area contributed by atoms with Gasteiger partial charge in [0.2, 0.25) is 0 Å². The zero-order valence-electron chi connectivity index (χ0n) is 11.4. The van der Waals surface area contributed by atoms with E-state index in [0.29, 0.717) is 11.4 Å². The second-order valence-corrected chi connectivity index (χ2v) is 6.10. The lowest BCUT2D eigenvalue weighted by molar-refractivity contribution is 0.282. The summed E-state index contributed by atoms with van der Waals surface area (Å²) in [6.07, 6.45) is 6.42. The summed E-state index contributed by atoms with van der Waals surface area (Å²) in [5.41, 5.74) is 6.96. The van der Waals surface area contributed by atoms with Gasteiger partial charge in [0.1, 0.15) is 5.82 Å². The van der Waals surface area contributed by atoms with E-state index in [1.165, 1.54) is 37.8 Å². The van der Waals surface area contributed by atoms with Crippen molar-refractivity contribution in [1.29, 1.82) is 0 Å². The summed E-state index contributed by atoms with van der Waals surface area (Å²) in [5.74, 6) is 1.25. The molecule has 0 unspecified atom stereocenters. The van der Waals surface area contributed by atoms with Crippen LogP contribution in [0.3, 0.4) is 0 Å². The van der Waals surface area contributed by atoms with Gasteiger partial charge in [0.05, 0.1) is 16.4 Å². The van der Waals surface area contributed by atoms with Crippen LogP contribution >= 0.6 is 11.6 Å². The van der Waals surface area contributed by atoms with E-state index in [-0.39, 0.29) is 5.02 Å². The molecule has 1 aromatic rings. The third-order valence-electron chi connectivity index (χ3n) is 4.10. The van der Waals surface area contributed by atoms with Crippen LogP contribution in [0, 0.1) is 17.7 Å². The van der Waals surface area contributed by atoms with Crippen molar-refractivity contribution in [2.24, 2.45) is 11.8 Å². The maximum absolute atomic E-state index is 13.4. The molecular formula is C15H22ClFN2. The molecule has 3 N–H and O–H groups in total. The van der Waals surface area contributed by atoms with Gasteiger partial charge in [0.15, 0.2) is 0 Å². The average molecular weight is 285 g/mol. The van der Waals surface area contributed by atoms with Crippen LogP contribution in [0.5, 0.6) is 0 Å². The third kappa shape index (κ3) is 4.00. The topological polar surface area (TPSA) is 38.0 Å². The molecule has 1 saturated carbocycles. The lowest BCUT2D eigenvalue weighted by Crippen LogP contribution is -2.16. The largest absolute Gasteiger partial charge is 0.397 e. The molecular weight excluding hydrogens is 263 g/mol. The number of nitrogen functional groups attached to an aromatic ring is 1. The van der Waals surface area contributed by atoms with E-state index in [4.69, 9.17) is 17.3 Å². The van der Waals surface area contributed by atoms with Crippen LogP contribution in [-0.2, 0) is 0 Å². The van der Waals surface area contributed by atoms with Crippen molar-refractivity contribution in [2.75, 3.05) is 17.6 Å². The number of rotatable bonds is 4. The normalized spacial score (nSPS) is 23.3. The Morgan fingerprint density at radius 2 is 2.00 bits per heavy atom. The summed E-state index contributed by atoms with van der Waals surface area (Å²) in [6.45, 7) is 3.16. The minimum absolute atomic E-state index is 0.0734. The first-order valence-corrected chi connectivity index (χ1v) is 7.42. The maximum Gasteiger partial charge on any atom is 0.143 e. The van der Waals surface area contributed by atoms with Crippen molar-refractivity contribution in [3.05, 3.63) is 23.0 Å². The minimum atomic E-state index is -0.426. The summed E-state index contributed by atoms with van der Waals surface area (Å²) in [4.78, 5) is 0. The zero-order chi connectivity index (χ0) is 13.8. The quantitative estimate of drug-likeness (QED) is 0.787. The SMILES string of the molecule is CC1CCC(CCNc2cc(F)c(Cl)cc2N)CC1. The zero-order valence-corrected chi connectivity index (χ0v) is 12.1. The van der Waals surface area contributed by atoms with Crippen molar-refractivity contribution in [3.63, 3.8) is 0 Å². The van der Waals surface area contributed by atoms with Gasteiger partial charge in [0.25, 0.3) is 0 Å². The molecule has 4 heteroatoms. The Kier molecular flexibility index (Phi) is 4.92. The highest BCUT2D eigenvalue weighted by molar-refractivity contribution is 6.31. The molecule has 0 atom stereocenters. The molecule has 2 nitrogen and oxygen atoms in total. The highest BCUT2D eigenvalue weighted by atomic mass is 35.5. The highest BCUT2D eigenvalue weighted by Crippen LogP contribution is 2.31. The number of benzene rings is 1. The molecule has 0 spiro atoms. The fourth-order valence-corrected chi connectivity index (χ4v) is 2.92. The molecule has 0 bridgehead atoms. The Balaban J connectivity index is 1.81. The van der Waals surface area contributed by atoms with Gasteiger partial charge >= 0.3 is 0 Å². The Morgan fingerprint density at radius 3 is 2.68 bits per heavy atom. The van der Waals surface area contributed by atoms with E-state index in [9.17, 15) is 4.39 Å². The van der Waals surface area contributed by atoms with Crippen LogP contribution in [0.4, 0.5) is 15.8 Å². The Labute approximate surface area is 119 Å². The molecule has 0 radical (unpaired) electrons. The van der Waals surface area contributed by atoms with Crippen molar-refractivity contribution < 1.29 is 4.39 Å². The molecule has 0 heterocycles. The summed E-state index contributed by atoms with van der Waals surface area (Å²) < 4.78 is 13.4. The van der Waals surface area contributed by atoms with Crippen LogP contribution in [0.1, 0.15) is 39.0 Å². The Hall–Kier alpha value is -0.960. The molecule has 0 saturated heterocycles. The predicted molar refractivity (Wildman–Crippen MR) is 80.1 cm³/mol. The lowest BCUT2D eigenvalue weighted by atomic mass is 9.81. The van der Waals surface area contributed by atoms with Gasteiger partial charge < -0.3 is 11.1 Å². The van der Waals surface area contributed by atoms with Gasteiger partial charge in [-0.1, -0.05) is 44.2 Å². The van der Waals surface area contributed by atoms with Gasteiger partial charge in [-0.2, -0.15) is 0 Å². The highest BCUT2D eigenvalue weighted by Gasteiger charge is 2.17. The number of nitrogens with one attached hydrogen (secondary N) is 1. The van der Waals surface area contributed by atoms with Crippen LogP contribution in [0.25, 0.3) is 0 Å². The van der Waals surface area contributed by atoms with E-state index in [1.807, 2.05) is 0 Å². The smallest absolute Gasteiger partial charge is 0.143 e. The standard InChI is InChI=1S/C15H22ClFN2/c1-10-2-4-11(5-3-10)6-7-19-15-9-13(17)12(16)8-14(15)18/h8-11,19H,2-7,18H2,1H3. The maximum atomic E-state index is 13.4. The summed E-state index contributed by atoms with van der Waals surface area (Å²) in [5, 5.41) is 3.29. The molecule has 0 aliphatic heterocycles. The van der Waals surface area contributed by atoms with Gasteiger partial charge in [-0.15, -0.1) is 0 Å². The number of hydrogen-bond acceptors (Lipinski definition) is 2. The fraction of sp³-hybridized carbons (Fsp3) is 0.600. The molecule has 1 aromatic carbocycles. The minimum Gasteiger partial charge on any atom is -0.397 e. The number of hydrogen-bond donors (Lipinski definition) is 2. The first-order chi connectivity index (χ1) is 9.06. The molecule has 1 aliphatic carbocycles. The van der Waals surface area contributed by atoms with Gasteiger partial charge in [-0.3, -0.25) is 0 Å². The predicted octanol–water partition coefficient (Wildman–Crippen LogP) is 4.69. The Bertz CT molecular complexity index is 428. The van der Waals surface area contributed by atoms with E-state index in [1.54, 1.807) is 0 Å². The molecule has 106 valence electrons. The van der Waals surface area contributed by atoms with Crippen LogP contribution in [-0.4, -0.2) is 6.54 Å². The van der Waals surface area contributed by atoms with Crippen molar-refractivity contribution in [2.45, 2.75) is 39.0 Å². The Morgan fingerprint density at radius 1 is 1.32 bits per heavy atom. The van der Waals surface area contributed by atoms with Crippen molar-refractivity contribution in [1.82, 2.24) is 0 Å². The second kappa shape index (κ2) is 6.47. The molecule has 1 fully saturated rings. The van der Waals surface area contributed by atoms with Gasteiger partial charge in [0, 0.05) is 12.6 Å². The lowest BCUT2D eigenvalue weighted by Gasteiger charge is -2.26. The number of nitrogens with two attached hydrogens (primary N) is 1. The third-order valence-corrected chi connectivity index (χ3v) is 4.39. The molecule has 0 aromatic heterocycles. The number of anilines is 2. The van der Waals surface area contributed by atoms with Crippen LogP contribution < -0.4 is 11.1 Å². The summed E-state index contributed by atoms with van der Waals surface area (Å²) in [6, 6.07) is 2.84. The summed E-state index contributed by atoms with van der Waals surface area (Å²) >= 11 is 5.67. The number of halogens is 2. The van der Waals surface area contributed by atoms with Crippen molar-refractivity contribution in [3.8, 4) is 0 Å². The van der Waals surface area contributed by atoms with Gasteiger partial charge in [-0.05, 0) is 24.3 Å². The van der Waals surface area contributed by atoms with Gasteiger partial charge in [-0.25, -0.2) is 4.39 Å². The first kappa shape index (κ1) is 14.4. The van der Waals surface area contributed by atoms with E-state index >= 15 is 0 Å². The molecule has 0 amide bonds. The average Bonchev–Trinajstić information content (AvgIpc) is 2.38. The molecule has 1 aliphatic rings. The van der Waals surface area contributed by atoms with E-state index < -0.39 is 5.82 Å². The monoisotopic (exact) mass is 284 g/mol. The fourth-order valence-electron chi connectivity index (χ4n) is 2.74. The van der Waals surface area contributed by atoms with E-state index in [0.717, 1.165) is 24.8 Å². The van der Waals surface area contributed by atoms with Crippen LogP contribution in [0.2, 0.25) is 5.02 Å². The molecule has 19 heavy (non-hydrogen) atoms. The molecule has 2 rings (SSSR count). The summed E-state index contributed by atoms with van der Waals surface area (Å²) in [7, 11) is 0. The second-order valence-electron chi connectivity index (χ2n) is 5.69. The van der Waals surface area contributed by atoms with Crippen molar-refractivity contribution >= 4 is 23.0 Å².